The van der Waals surface area contributed by atoms with E-state index in [1.54, 1.807) is 25.5 Å². The van der Waals surface area contributed by atoms with E-state index in [0.29, 0.717) is 12.6 Å². The monoisotopic (exact) mass is 340 g/mol. The molecule has 0 amide bonds. The Morgan fingerprint density at radius 2 is 2.04 bits per heavy atom. The zero-order valence-corrected chi connectivity index (χ0v) is 16.2. The Balaban J connectivity index is 2.66. The molecule has 0 radical (unpaired) electrons. The maximum Gasteiger partial charge on any atom is 0.191 e. The summed E-state index contributed by atoms with van der Waals surface area (Å²) in [4.78, 5) is 6.77. The Bertz CT molecular complexity index is 455. The smallest absolute Gasteiger partial charge is 0.191 e. The molecule has 1 heterocycles. The maximum absolute atomic E-state index is 5.44. The van der Waals surface area contributed by atoms with Crippen molar-refractivity contribution in [1.82, 2.24) is 15.5 Å². The third-order valence-corrected chi connectivity index (χ3v) is 4.80. The largest absolute Gasteiger partial charge is 0.377 e. The molecule has 0 aliphatic carbocycles. The maximum atomic E-state index is 5.44. The minimum Gasteiger partial charge on any atom is -0.377 e. The summed E-state index contributed by atoms with van der Waals surface area (Å²) >= 11 is 1.75. The molecule has 0 aliphatic rings. The van der Waals surface area contributed by atoms with Crippen molar-refractivity contribution in [2.75, 3.05) is 40.3 Å². The van der Waals surface area contributed by atoms with E-state index in [1.165, 1.54) is 5.56 Å². The van der Waals surface area contributed by atoms with Gasteiger partial charge in [-0.25, -0.2) is 0 Å². The molecule has 6 heteroatoms. The lowest BCUT2D eigenvalue weighted by molar-refractivity contribution is 0.0268. The number of guanidine groups is 1. The van der Waals surface area contributed by atoms with Crippen molar-refractivity contribution in [3.8, 4) is 0 Å². The SMILES string of the molecule is CCN(CC)C(CNC(=NC)NCC(C)(C)OC)c1ccsc1. The molecule has 0 fully saturated rings. The number of methoxy groups -OCH3 is 1. The third kappa shape index (κ3) is 6.49. The molecule has 0 saturated carbocycles. The van der Waals surface area contributed by atoms with Gasteiger partial charge in [0, 0.05) is 27.2 Å². The first kappa shape index (κ1) is 19.9. The van der Waals surface area contributed by atoms with Gasteiger partial charge in [-0.05, 0) is 49.3 Å². The number of thiophene rings is 1. The fourth-order valence-corrected chi connectivity index (χ4v) is 3.08. The normalized spacial score (nSPS) is 14.1. The van der Waals surface area contributed by atoms with E-state index < -0.39 is 0 Å². The highest BCUT2D eigenvalue weighted by Crippen LogP contribution is 2.22. The predicted octanol–water partition coefficient (Wildman–Crippen LogP) is 2.72. The van der Waals surface area contributed by atoms with E-state index in [1.807, 2.05) is 0 Å². The van der Waals surface area contributed by atoms with Crippen LogP contribution in [0.1, 0.15) is 39.3 Å². The summed E-state index contributed by atoms with van der Waals surface area (Å²) in [5, 5.41) is 11.2. The summed E-state index contributed by atoms with van der Waals surface area (Å²) in [6.07, 6.45) is 0. The molecule has 0 spiro atoms. The zero-order valence-electron chi connectivity index (χ0n) is 15.3. The molecular formula is C17H32N4OS. The lowest BCUT2D eigenvalue weighted by Crippen LogP contribution is -2.47. The second-order valence-electron chi connectivity index (χ2n) is 6.06. The number of aliphatic imine (C=N–C) groups is 1. The highest BCUT2D eigenvalue weighted by molar-refractivity contribution is 7.07. The van der Waals surface area contributed by atoms with Crippen LogP contribution >= 0.6 is 11.3 Å². The van der Waals surface area contributed by atoms with E-state index in [-0.39, 0.29) is 5.60 Å². The Hall–Kier alpha value is -1.11. The van der Waals surface area contributed by atoms with Gasteiger partial charge in [-0.1, -0.05) is 13.8 Å². The van der Waals surface area contributed by atoms with Gasteiger partial charge in [0.1, 0.15) is 0 Å². The fourth-order valence-electron chi connectivity index (χ4n) is 2.37. The molecule has 2 N–H and O–H groups in total. The zero-order chi connectivity index (χ0) is 17.3. The van der Waals surface area contributed by atoms with Gasteiger partial charge < -0.3 is 15.4 Å². The van der Waals surface area contributed by atoms with Gasteiger partial charge in [0.15, 0.2) is 5.96 Å². The Morgan fingerprint density at radius 1 is 1.35 bits per heavy atom. The lowest BCUT2D eigenvalue weighted by Gasteiger charge is -2.30. The first-order chi connectivity index (χ1) is 11.0. The Morgan fingerprint density at radius 3 is 2.52 bits per heavy atom. The van der Waals surface area contributed by atoms with Crippen LogP contribution in [0.15, 0.2) is 21.8 Å². The second-order valence-corrected chi connectivity index (χ2v) is 6.84. The van der Waals surface area contributed by atoms with E-state index in [4.69, 9.17) is 4.74 Å². The first-order valence-electron chi connectivity index (χ1n) is 8.23. The first-order valence-corrected chi connectivity index (χ1v) is 9.17. The summed E-state index contributed by atoms with van der Waals surface area (Å²) in [5.41, 5.74) is 1.14. The van der Waals surface area contributed by atoms with Crippen LogP contribution in [0.3, 0.4) is 0 Å². The molecule has 1 aromatic rings. The van der Waals surface area contributed by atoms with Gasteiger partial charge in [0.05, 0.1) is 11.6 Å². The molecular weight excluding hydrogens is 308 g/mol. The van der Waals surface area contributed by atoms with Crippen molar-refractivity contribution >= 4 is 17.3 Å². The number of ether oxygens (including phenoxy) is 1. The quantitative estimate of drug-likeness (QED) is 0.536. The van der Waals surface area contributed by atoms with Gasteiger partial charge in [0.2, 0.25) is 0 Å². The van der Waals surface area contributed by atoms with Crippen molar-refractivity contribution in [1.29, 1.82) is 0 Å². The summed E-state index contributed by atoms with van der Waals surface area (Å²) in [6, 6.07) is 2.56. The number of hydrogen-bond acceptors (Lipinski definition) is 4. The van der Waals surface area contributed by atoms with E-state index in [2.05, 4.69) is 65.0 Å². The second kappa shape index (κ2) is 9.90. The number of hydrogen-bond donors (Lipinski definition) is 2. The van der Waals surface area contributed by atoms with Crippen molar-refractivity contribution in [3.05, 3.63) is 22.4 Å². The Labute approximate surface area is 145 Å². The van der Waals surface area contributed by atoms with E-state index >= 15 is 0 Å². The van der Waals surface area contributed by atoms with E-state index in [9.17, 15) is 0 Å². The Kier molecular flexibility index (Phi) is 8.58. The van der Waals surface area contributed by atoms with Gasteiger partial charge >= 0.3 is 0 Å². The summed E-state index contributed by atoms with van der Waals surface area (Å²) < 4.78 is 5.44. The van der Waals surface area contributed by atoms with Crippen molar-refractivity contribution in [2.24, 2.45) is 4.99 Å². The van der Waals surface area contributed by atoms with Crippen LogP contribution in [-0.2, 0) is 4.74 Å². The van der Waals surface area contributed by atoms with Crippen LogP contribution in [0.2, 0.25) is 0 Å². The minimum atomic E-state index is -0.219. The van der Waals surface area contributed by atoms with Crippen LogP contribution in [0.25, 0.3) is 0 Å². The molecule has 0 saturated heterocycles. The van der Waals surface area contributed by atoms with Crippen LogP contribution in [0.5, 0.6) is 0 Å². The van der Waals surface area contributed by atoms with Crippen LogP contribution < -0.4 is 10.6 Å². The van der Waals surface area contributed by atoms with Crippen LogP contribution in [0.4, 0.5) is 0 Å². The lowest BCUT2D eigenvalue weighted by atomic mass is 10.1. The van der Waals surface area contributed by atoms with E-state index in [0.717, 1.165) is 25.6 Å². The number of nitrogens with zero attached hydrogens (tertiary/aromatic N) is 2. The molecule has 1 atom stereocenters. The van der Waals surface area contributed by atoms with Crippen LogP contribution in [0, 0.1) is 0 Å². The van der Waals surface area contributed by atoms with Crippen molar-refractivity contribution in [3.63, 3.8) is 0 Å². The summed E-state index contributed by atoms with van der Waals surface area (Å²) in [6.45, 7) is 12.1. The summed E-state index contributed by atoms with van der Waals surface area (Å²) in [7, 11) is 3.52. The average molecular weight is 341 g/mol. The topological polar surface area (TPSA) is 48.9 Å². The van der Waals surface area contributed by atoms with Gasteiger partial charge in [0.25, 0.3) is 0 Å². The fraction of sp³-hybridized carbons (Fsp3) is 0.706. The molecule has 5 nitrogen and oxygen atoms in total. The molecule has 0 aliphatic heterocycles. The number of rotatable bonds is 9. The molecule has 1 rings (SSSR count). The summed E-state index contributed by atoms with van der Waals surface area (Å²) in [5.74, 6) is 0.808. The standard InChI is InChI=1S/C17H32N4OS/c1-7-21(8-2)15(14-9-10-23-12-14)11-19-16(18-5)20-13-17(3,4)22-6/h9-10,12,15H,7-8,11,13H2,1-6H3,(H2,18,19,20). The van der Waals surface area contributed by atoms with Gasteiger partial charge in [-0.3, -0.25) is 9.89 Å². The van der Waals surface area contributed by atoms with Gasteiger partial charge in [-0.2, -0.15) is 11.3 Å². The van der Waals surface area contributed by atoms with Crippen molar-refractivity contribution < 1.29 is 4.74 Å². The highest BCUT2D eigenvalue weighted by Gasteiger charge is 2.20. The molecule has 1 aromatic heterocycles. The molecule has 1 unspecified atom stereocenters. The molecule has 132 valence electrons. The number of nitrogens with one attached hydrogen (secondary N) is 2. The molecule has 23 heavy (non-hydrogen) atoms. The van der Waals surface area contributed by atoms with Crippen molar-refractivity contribution in [2.45, 2.75) is 39.3 Å². The number of likely N-dealkylation sites (N-methyl/N-ethyl adjacent to an activating group) is 1. The van der Waals surface area contributed by atoms with Crippen LogP contribution in [-0.4, -0.2) is 56.8 Å². The average Bonchev–Trinajstić information content (AvgIpc) is 3.08. The van der Waals surface area contributed by atoms with Gasteiger partial charge in [-0.15, -0.1) is 0 Å². The highest BCUT2D eigenvalue weighted by atomic mass is 32.1. The third-order valence-electron chi connectivity index (χ3n) is 4.10. The molecule has 0 aromatic carbocycles. The minimum absolute atomic E-state index is 0.219. The predicted molar refractivity (Wildman–Crippen MR) is 100 cm³/mol. The molecule has 0 bridgehead atoms.